The Bertz CT molecular complexity index is 572. The SMILES string of the molecule is Cc1cc(CN(C(=O)OC(C)(C)C)C(=O)OC(C)(C)C)nc(Cl)n1. The van der Waals surface area contributed by atoms with E-state index in [2.05, 4.69) is 9.97 Å². The molecule has 0 aromatic carbocycles. The van der Waals surface area contributed by atoms with Crippen LogP contribution >= 0.6 is 11.6 Å². The van der Waals surface area contributed by atoms with E-state index in [1.807, 2.05) is 0 Å². The Balaban J connectivity index is 3.08. The fourth-order valence-corrected chi connectivity index (χ4v) is 1.92. The minimum absolute atomic E-state index is 0.0401. The lowest BCUT2D eigenvalue weighted by atomic mass is 10.2. The number of ether oxygens (including phenoxy) is 2. The Kier molecular flexibility index (Phi) is 6.16. The number of imide groups is 1. The molecule has 0 bridgehead atoms. The number of rotatable bonds is 2. The summed E-state index contributed by atoms with van der Waals surface area (Å²) in [5.74, 6) is 0. The second-order valence-electron chi connectivity index (χ2n) is 7.32. The molecule has 0 atom stereocenters. The fraction of sp³-hybridized carbons (Fsp3) is 0.625. The zero-order chi connectivity index (χ0) is 18.7. The van der Waals surface area contributed by atoms with Crippen molar-refractivity contribution in [2.24, 2.45) is 0 Å². The van der Waals surface area contributed by atoms with Gasteiger partial charge in [-0.05, 0) is 66.1 Å². The Morgan fingerprint density at radius 2 is 1.50 bits per heavy atom. The van der Waals surface area contributed by atoms with Gasteiger partial charge in [0, 0.05) is 5.69 Å². The van der Waals surface area contributed by atoms with Crippen molar-refractivity contribution in [3.05, 3.63) is 22.7 Å². The highest BCUT2D eigenvalue weighted by molar-refractivity contribution is 6.28. The average molecular weight is 358 g/mol. The van der Waals surface area contributed by atoms with Crippen LogP contribution in [0.3, 0.4) is 0 Å². The number of hydrogen-bond acceptors (Lipinski definition) is 6. The summed E-state index contributed by atoms with van der Waals surface area (Å²) >= 11 is 5.83. The Labute approximate surface area is 147 Å². The van der Waals surface area contributed by atoms with Crippen LogP contribution in [0.25, 0.3) is 0 Å². The van der Waals surface area contributed by atoms with Gasteiger partial charge in [0.2, 0.25) is 5.28 Å². The van der Waals surface area contributed by atoms with Gasteiger partial charge in [-0.15, -0.1) is 0 Å². The molecule has 0 aliphatic carbocycles. The van der Waals surface area contributed by atoms with Crippen LogP contribution in [0.1, 0.15) is 52.9 Å². The maximum Gasteiger partial charge on any atom is 0.420 e. The van der Waals surface area contributed by atoms with E-state index in [9.17, 15) is 9.59 Å². The molecule has 0 unspecified atom stereocenters. The molecule has 1 aromatic heterocycles. The Morgan fingerprint density at radius 3 is 1.88 bits per heavy atom. The summed E-state index contributed by atoms with van der Waals surface area (Å²) in [6.07, 6.45) is -1.63. The third-order valence-electron chi connectivity index (χ3n) is 2.43. The van der Waals surface area contributed by atoms with Gasteiger partial charge in [-0.1, -0.05) is 0 Å². The second kappa shape index (κ2) is 7.34. The predicted octanol–water partition coefficient (Wildman–Crippen LogP) is 4.11. The van der Waals surface area contributed by atoms with E-state index in [1.54, 1.807) is 54.5 Å². The molecule has 134 valence electrons. The summed E-state index contributed by atoms with van der Waals surface area (Å²) in [5.41, 5.74) is -0.477. The van der Waals surface area contributed by atoms with Crippen molar-refractivity contribution in [1.82, 2.24) is 14.9 Å². The lowest BCUT2D eigenvalue weighted by Gasteiger charge is -2.28. The average Bonchev–Trinajstić information content (AvgIpc) is 2.29. The third kappa shape index (κ3) is 7.12. The molecule has 24 heavy (non-hydrogen) atoms. The van der Waals surface area contributed by atoms with E-state index < -0.39 is 23.4 Å². The standard InChI is InChI=1S/C16H24ClN3O4/c1-10-8-11(19-12(17)18-10)9-20(13(21)23-15(2,3)4)14(22)24-16(5,6)7/h8H,9H2,1-7H3. The topological polar surface area (TPSA) is 81.6 Å². The van der Waals surface area contributed by atoms with Crippen molar-refractivity contribution in [3.63, 3.8) is 0 Å². The summed E-state index contributed by atoms with van der Waals surface area (Å²) in [6, 6.07) is 1.63. The molecule has 1 rings (SSSR count). The van der Waals surface area contributed by atoms with Crippen LogP contribution < -0.4 is 0 Å². The molecule has 0 aliphatic heterocycles. The Hall–Kier alpha value is -1.89. The van der Waals surface area contributed by atoms with Gasteiger partial charge in [0.25, 0.3) is 0 Å². The van der Waals surface area contributed by atoms with Crippen molar-refractivity contribution in [3.8, 4) is 0 Å². The van der Waals surface area contributed by atoms with Crippen LogP contribution in [0.5, 0.6) is 0 Å². The van der Waals surface area contributed by atoms with Crippen molar-refractivity contribution >= 4 is 23.8 Å². The smallest absolute Gasteiger partial charge is 0.420 e. The normalized spacial score (nSPS) is 11.8. The number of aryl methyl sites for hydroxylation is 1. The quantitative estimate of drug-likeness (QED) is 0.741. The summed E-state index contributed by atoms with van der Waals surface area (Å²) in [6.45, 7) is 11.9. The molecule has 1 heterocycles. The first-order valence-electron chi connectivity index (χ1n) is 7.50. The third-order valence-corrected chi connectivity index (χ3v) is 2.60. The number of aromatic nitrogens is 2. The highest BCUT2D eigenvalue weighted by Gasteiger charge is 2.31. The van der Waals surface area contributed by atoms with Gasteiger partial charge >= 0.3 is 12.2 Å². The lowest BCUT2D eigenvalue weighted by Crippen LogP contribution is -2.43. The number of amides is 2. The van der Waals surface area contributed by atoms with Crippen LogP contribution in [0.2, 0.25) is 5.28 Å². The summed E-state index contributed by atoms with van der Waals surface area (Å²) in [4.78, 5) is 33.6. The fourth-order valence-electron chi connectivity index (χ4n) is 1.68. The van der Waals surface area contributed by atoms with E-state index >= 15 is 0 Å². The van der Waals surface area contributed by atoms with Gasteiger partial charge in [-0.3, -0.25) is 0 Å². The zero-order valence-electron chi connectivity index (χ0n) is 15.1. The van der Waals surface area contributed by atoms with Crippen LogP contribution in [-0.2, 0) is 16.0 Å². The highest BCUT2D eigenvalue weighted by Crippen LogP contribution is 2.17. The first-order chi connectivity index (χ1) is 10.8. The van der Waals surface area contributed by atoms with E-state index in [0.29, 0.717) is 11.4 Å². The maximum atomic E-state index is 12.4. The first-order valence-corrected chi connectivity index (χ1v) is 7.88. The van der Waals surface area contributed by atoms with Crippen LogP contribution in [0, 0.1) is 6.92 Å². The van der Waals surface area contributed by atoms with E-state index in [1.165, 1.54) is 0 Å². The van der Waals surface area contributed by atoms with Crippen LogP contribution in [0.15, 0.2) is 6.07 Å². The lowest BCUT2D eigenvalue weighted by molar-refractivity contribution is -0.000493. The summed E-state index contributed by atoms with van der Waals surface area (Å²) < 4.78 is 10.6. The maximum absolute atomic E-state index is 12.4. The van der Waals surface area contributed by atoms with Gasteiger partial charge in [-0.25, -0.2) is 24.5 Å². The minimum atomic E-state index is -0.816. The monoisotopic (exact) mass is 357 g/mol. The molecular formula is C16H24ClN3O4. The van der Waals surface area contributed by atoms with Crippen LogP contribution in [-0.4, -0.2) is 38.3 Å². The number of nitrogens with zero attached hydrogens (tertiary/aromatic N) is 3. The molecular weight excluding hydrogens is 334 g/mol. The van der Waals surface area contributed by atoms with Crippen molar-refractivity contribution in [1.29, 1.82) is 0 Å². The first kappa shape index (κ1) is 20.2. The molecule has 0 N–H and O–H groups in total. The predicted molar refractivity (Wildman–Crippen MR) is 89.8 cm³/mol. The molecule has 0 fully saturated rings. The number of hydrogen-bond donors (Lipinski definition) is 0. The number of halogens is 1. The molecule has 0 saturated carbocycles. The van der Waals surface area contributed by atoms with Gasteiger partial charge in [0.15, 0.2) is 0 Å². The van der Waals surface area contributed by atoms with Crippen molar-refractivity contribution in [2.45, 2.75) is 66.2 Å². The van der Waals surface area contributed by atoms with Gasteiger partial charge in [-0.2, -0.15) is 0 Å². The molecule has 1 aromatic rings. The number of carbonyl (C=O) groups excluding carboxylic acids is 2. The summed E-state index contributed by atoms with van der Waals surface area (Å²) in [5, 5.41) is 0.0401. The Morgan fingerprint density at radius 1 is 1.04 bits per heavy atom. The largest absolute Gasteiger partial charge is 0.443 e. The molecule has 0 spiro atoms. The molecule has 2 amide bonds. The molecule has 0 aliphatic rings. The summed E-state index contributed by atoms with van der Waals surface area (Å²) in [7, 11) is 0. The van der Waals surface area contributed by atoms with E-state index in [-0.39, 0.29) is 11.8 Å². The van der Waals surface area contributed by atoms with Gasteiger partial charge < -0.3 is 9.47 Å². The molecule has 0 saturated heterocycles. The molecule has 0 radical (unpaired) electrons. The van der Waals surface area contributed by atoms with Crippen molar-refractivity contribution < 1.29 is 19.1 Å². The minimum Gasteiger partial charge on any atom is -0.443 e. The zero-order valence-corrected chi connectivity index (χ0v) is 15.9. The highest BCUT2D eigenvalue weighted by atomic mass is 35.5. The van der Waals surface area contributed by atoms with Gasteiger partial charge in [0.1, 0.15) is 11.2 Å². The molecule has 7 nitrogen and oxygen atoms in total. The number of carbonyl (C=O) groups is 2. The van der Waals surface area contributed by atoms with E-state index in [0.717, 1.165) is 4.90 Å². The van der Waals surface area contributed by atoms with Gasteiger partial charge in [0.05, 0.1) is 12.2 Å². The van der Waals surface area contributed by atoms with Crippen LogP contribution in [0.4, 0.5) is 9.59 Å². The molecule has 8 heteroatoms. The second-order valence-corrected chi connectivity index (χ2v) is 7.65. The van der Waals surface area contributed by atoms with E-state index in [4.69, 9.17) is 21.1 Å². The van der Waals surface area contributed by atoms with Crippen molar-refractivity contribution in [2.75, 3.05) is 0 Å².